The molecule has 1 heterocycles. The number of carbonyl (C=O) groups excluding carboxylic acids is 1. The van der Waals surface area contributed by atoms with Crippen LogP contribution in [0, 0.1) is 30.6 Å². The number of aryl methyl sites for hydroxylation is 2. The van der Waals surface area contributed by atoms with E-state index in [1.165, 1.54) is 41.7 Å². The number of hydrogen-bond acceptors (Lipinski definition) is 3. The highest BCUT2D eigenvalue weighted by atomic mass is 16.1. The third kappa shape index (κ3) is 5.77. The van der Waals surface area contributed by atoms with Crippen molar-refractivity contribution in [2.45, 2.75) is 72.1 Å². The van der Waals surface area contributed by atoms with Gasteiger partial charge in [0.05, 0.1) is 0 Å². The van der Waals surface area contributed by atoms with Gasteiger partial charge in [-0.25, -0.2) is 0 Å². The first kappa shape index (κ1) is 22.7. The summed E-state index contributed by atoms with van der Waals surface area (Å²) in [6.07, 6.45) is 12.1. The minimum absolute atomic E-state index is 0.416. The van der Waals surface area contributed by atoms with E-state index in [0.717, 1.165) is 25.7 Å². The van der Waals surface area contributed by atoms with Gasteiger partial charge in [-0.15, -0.1) is 0 Å². The van der Waals surface area contributed by atoms with Gasteiger partial charge in [0.2, 0.25) is 0 Å². The van der Waals surface area contributed by atoms with Gasteiger partial charge in [-0.1, -0.05) is 44.5 Å². The molecule has 0 saturated heterocycles. The highest BCUT2D eigenvalue weighted by molar-refractivity contribution is 5.82. The molecule has 0 bridgehead atoms. The molecule has 3 heteroatoms. The van der Waals surface area contributed by atoms with Crippen LogP contribution in [-0.2, 0) is 11.2 Å². The van der Waals surface area contributed by atoms with Gasteiger partial charge in [-0.05, 0) is 73.5 Å². The summed E-state index contributed by atoms with van der Waals surface area (Å²) in [7, 11) is 1.85. The van der Waals surface area contributed by atoms with Crippen LogP contribution in [0.1, 0.15) is 69.9 Å². The zero-order valence-corrected chi connectivity index (χ0v) is 19.2. The Morgan fingerprint density at radius 2 is 2.03 bits per heavy atom. The Labute approximate surface area is 182 Å². The standard InChI is InChI=1S/C27H38N2O/c1-19-14-15-29-27(26(18-28-4)21(19)3)24-11-7-9-22(16-24)17-25(30)13-12-23-10-6-5-8-20(23)2/h5-6,8,10,15,18-19,21-22,24H,7,9,11-14,16-17H2,1-4H3/t19?,21?,22-,24?/m1/s1. The summed E-state index contributed by atoms with van der Waals surface area (Å²) >= 11 is 0. The van der Waals surface area contributed by atoms with Crippen molar-refractivity contribution in [1.29, 1.82) is 0 Å². The van der Waals surface area contributed by atoms with Gasteiger partial charge < -0.3 is 0 Å². The van der Waals surface area contributed by atoms with E-state index in [2.05, 4.69) is 56.2 Å². The van der Waals surface area contributed by atoms with Gasteiger partial charge in [-0.2, -0.15) is 0 Å². The van der Waals surface area contributed by atoms with E-state index in [9.17, 15) is 4.79 Å². The molecule has 3 nitrogen and oxygen atoms in total. The van der Waals surface area contributed by atoms with Crippen molar-refractivity contribution in [3.8, 4) is 0 Å². The Balaban J connectivity index is 1.64. The molecular formula is C27H38N2O. The van der Waals surface area contributed by atoms with Crippen molar-refractivity contribution in [1.82, 2.24) is 0 Å². The molecule has 4 atom stereocenters. The van der Waals surface area contributed by atoms with Crippen LogP contribution in [0.2, 0.25) is 0 Å². The van der Waals surface area contributed by atoms with Crippen molar-refractivity contribution in [3.63, 3.8) is 0 Å². The Morgan fingerprint density at radius 1 is 1.23 bits per heavy atom. The zero-order valence-electron chi connectivity index (χ0n) is 19.2. The average Bonchev–Trinajstić information content (AvgIpc) is 2.87. The van der Waals surface area contributed by atoms with Crippen molar-refractivity contribution < 1.29 is 4.79 Å². The fourth-order valence-electron chi connectivity index (χ4n) is 5.11. The molecule has 1 aliphatic heterocycles. The van der Waals surface area contributed by atoms with Gasteiger partial charge in [0.1, 0.15) is 5.78 Å². The maximum atomic E-state index is 12.7. The Bertz CT molecular complexity index is 820. The maximum absolute atomic E-state index is 12.7. The van der Waals surface area contributed by atoms with Gasteiger partial charge in [0, 0.05) is 43.9 Å². The summed E-state index contributed by atoms with van der Waals surface area (Å²) in [6.45, 7) is 6.75. The predicted octanol–water partition coefficient (Wildman–Crippen LogP) is 6.39. The number of ketones is 1. The summed E-state index contributed by atoms with van der Waals surface area (Å²) in [5.41, 5.74) is 5.15. The normalized spacial score (nSPS) is 27.5. The average molecular weight is 407 g/mol. The van der Waals surface area contributed by atoms with Crippen molar-refractivity contribution in [2.24, 2.45) is 33.7 Å². The minimum atomic E-state index is 0.416. The van der Waals surface area contributed by atoms with E-state index in [0.29, 0.717) is 35.9 Å². The number of aliphatic imine (C=N–C) groups is 2. The van der Waals surface area contributed by atoms with Crippen molar-refractivity contribution >= 4 is 18.2 Å². The summed E-state index contributed by atoms with van der Waals surface area (Å²) in [5, 5.41) is 0. The second-order valence-corrected chi connectivity index (χ2v) is 9.44. The molecule has 3 unspecified atom stereocenters. The van der Waals surface area contributed by atoms with Gasteiger partial charge in [0.15, 0.2) is 0 Å². The van der Waals surface area contributed by atoms with Crippen LogP contribution in [0.25, 0.3) is 0 Å². The highest BCUT2D eigenvalue weighted by Crippen LogP contribution is 2.40. The molecule has 1 saturated carbocycles. The monoisotopic (exact) mass is 406 g/mol. The van der Waals surface area contributed by atoms with Gasteiger partial charge in [0.25, 0.3) is 0 Å². The number of nitrogens with zero attached hydrogens (tertiary/aromatic N) is 2. The first-order valence-corrected chi connectivity index (χ1v) is 11.7. The largest absolute Gasteiger partial charge is 0.300 e. The summed E-state index contributed by atoms with van der Waals surface area (Å²) < 4.78 is 0. The first-order chi connectivity index (χ1) is 14.5. The van der Waals surface area contributed by atoms with E-state index >= 15 is 0 Å². The van der Waals surface area contributed by atoms with Crippen LogP contribution in [0.4, 0.5) is 0 Å². The van der Waals surface area contributed by atoms with Gasteiger partial charge >= 0.3 is 0 Å². The Kier molecular flexibility index (Phi) is 8.18. The van der Waals surface area contributed by atoms with Crippen LogP contribution in [0.3, 0.4) is 0 Å². The molecule has 162 valence electrons. The van der Waals surface area contributed by atoms with E-state index in [1.54, 1.807) is 0 Å². The fraction of sp³-hybridized carbons (Fsp3) is 0.593. The summed E-state index contributed by atoms with van der Waals surface area (Å²) in [4.78, 5) is 22.0. The smallest absolute Gasteiger partial charge is 0.133 e. The van der Waals surface area contributed by atoms with E-state index < -0.39 is 0 Å². The van der Waals surface area contributed by atoms with Crippen LogP contribution >= 0.6 is 0 Å². The molecule has 0 aromatic heterocycles. The molecule has 1 aromatic carbocycles. The van der Waals surface area contributed by atoms with Crippen molar-refractivity contribution in [3.05, 3.63) is 46.7 Å². The number of Topliss-reactive ketones (excluding diaryl/α,β-unsaturated/α-hetero) is 1. The van der Waals surface area contributed by atoms with E-state index in [4.69, 9.17) is 4.99 Å². The minimum Gasteiger partial charge on any atom is -0.300 e. The van der Waals surface area contributed by atoms with Crippen molar-refractivity contribution in [2.75, 3.05) is 7.05 Å². The fourth-order valence-corrected chi connectivity index (χ4v) is 5.11. The molecule has 1 aromatic rings. The van der Waals surface area contributed by atoms with Gasteiger partial charge in [-0.3, -0.25) is 14.8 Å². The SMILES string of the molecule is CN=CC1=C(C2CCC[C@@H](CC(=O)CCc3ccccc3C)C2)N=CCC(C)C1C. The number of carbonyl (C=O) groups is 1. The predicted molar refractivity (Wildman–Crippen MR) is 127 cm³/mol. The number of hydrogen-bond donors (Lipinski definition) is 0. The lowest BCUT2D eigenvalue weighted by Gasteiger charge is -2.31. The van der Waals surface area contributed by atoms with Crippen LogP contribution in [-0.4, -0.2) is 25.3 Å². The second kappa shape index (κ2) is 10.8. The molecule has 0 spiro atoms. The zero-order chi connectivity index (χ0) is 21.5. The third-order valence-electron chi connectivity index (χ3n) is 7.24. The second-order valence-electron chi connectivity index (χ2n) is 9.44. The number of rotatable bonds is 7. The quantitative estimate of drug-likeness (QED) is 0.483. The maximum Gasteiger partial charge on any atom is 0.133 e. The molecular weight excluding hydrogens is 368 g/mol. The molecule has 0 radical (unpaired) electrons. The topological polar surface area (TPSA) is 41.8 Å². The molecule has 0 amide bonds. The highest BCUT2D eigenvalue weighted by Gasteiger charge is 2.30. The molecule has 3 rings (SSSR count). The molecule has 1 fully saturated rings. The lowest BCUT2D eigenvalue weighted by Crippen LogP contribution is -2.22. The summed E-state index contributed by atoms with van der Waals surface area (Å²) in [6, 6.07) is 8.41. The lowest BCUT2D eigenvalue weighted by atomic mass is 9.75. The van der Waals surface area contributed by atoms with E-state index in [-0.39, 0.29) is 0 Å². The van der Waals surface area contributed by atoms with E-state index in [1.807, 2.05) is 13.3 Å². The summed E-state index contributed by atoms with van der Waals surface area (Å²) in [5.74, 6) is 2.43. The molecule has 2 aliphatic rings. The Morgan fingerprint density at radius 3 is 2.80 bits per heavy atom. The molecule has 1 aliphatic carbocycles. The van der Waals surface area contributed by atoms with Crippen LogP contribution in [0.5, 0.6) is 0 Å². The lowest BCUT2D eigenvalue weighted by molar-refractivity contribution is -0.120. The Hall–Kier alpha value is -2.03. The number of benzene rings is 1. The van der Waals surface area contributed by atoms with Crippen LogP contribution < -0.4 is 0 Å². The number of allylic oxidation sites excluding steroid dienone is 2. The van der Waals surface area contributed by atoms with Crippen LogP contribution in [0.15, 0.2) is 45.5 Å². The molecule has 30 heavy (non-hydrogen) atoms. The molecule has 0 N–H and O–H groups in total. The third-order valence-corrected chi connectivity index (χ3v) is 7.24. The first-order valence-electron chi connectivity index (χ1n) is 11.7.